The summed E-state index contributed by atoms with van der Waals surface area (Å²) in [5, 5.41) is 2.46. The van der Waals surface area contributed by atoms with E-state index in [1.165, 1.54) is 24.3 Å². The van der Waals surface area contributed by atoms with Crippen molar-refractivity contribution in [1.82, 2.24) is 9.97 Å². The molecule has 0 amide bonds. The molecule has 0 radical (unpaired) electrons. The lowest BCUT2D eigenvalue weighted by atomic mass is 10.2. The van der Waals surface area contributed by atoms with Gasteiger partial charge in [0, 0.05) is 11.9 Å². The first-order chi connectivity index (χ1) is 17.0. The molecule has 192 valence electrons. The van der Waals surface area contributed by atoms with Crippen LogP contribution in [0.2, 0.25) is 0 Å². The lowest BCUT2D eigenvalue weighted by Crippen LogP contribution is -2.30. The van der Waals surface area contributed by atoms with Gasteiger partial charge < -0.3 is 14.8 Å². The summed E-state index contributed by atoms with van der Waals surface area (Å²) in [6.07, 6.45) is -4.04. The molecule has 4 rings (SSSR count). The van der Waals surface area contributed by atoms with Crippen molar-refractivity contribution in [1.29, 1.82) is 0 Å². The van der Waals surface area contributed by atoms with Gasteiger partial charge >= 0.3 is 6.18 Å². The highest BCUT2D eigenvalue weighted by atomic mass is 32.2. The van der Waals surface area contributed by atoms with E-state index in [0.29, 0.717) is 24.7 Å². The molecule has 1 heterocycles. The van der Waals surface area contributed by atoms with Crippen LogP contribution in [0.15, 0.2) is 65.7 Å². The van der Waals surface area contributed by atoms with E-state index in [-0.39, 0.29) is 22.7 Å². The third-order valence-corrected chi connectivity index (χ3v) is 8.05. The smallest absolute Gasteiger partial charge is 0.423 e. The second-order valence-corrected chi connectivity index (χ2v) is 10.9. The molecule has 0 aliphatic heterocycles. The summed E-state index contributed by atoms with van der Waals surface area (Å²) in [5.41, 5.74) is 0.237. The first kappa shape index (κ1) is 25.9. The second kappa shape index (κ2) is 10.4. The molecule has 36 heavy (non-hydrogen) atoms. The molecule has 2 unspecified atom stereocenters. The van der Waals surface area contributed by atoms with E-state index in [2.05, 4.69) is 15.3 Å². The van der Waals surface area contributed by atoms with Gasteiger partial charge in [-0.2, -0.15) is 18.2 Å². The molecule has 2 aromatic carbocycles. The summed E-state index contributed by atoms with van der Waals surface area (Å²) in [6.45, 7) is 3.59. The molecule has 3 aromatic rings. The fourth-order valence-electron chi connectivity index (χ4n) is 3.35. The van der Waals surface area contributed by atoms with Gasteiger partial charge in [0.1, 0.15) is 11.7 Å². The lowest BCUT2D eigenvalue weighted by molar-refractivity contribution is -0.140. The number of ether oxygens (including phenoxy) is 2. The SMILES string of the molecule is CC(OCc1ccccc1)C(C)Oc1nc(Nc2ccc(S(=O)(=O)C3CC3)cc2)ncc1C(F)(F)F. The van der Waals surface area contributed by atoms with Crippen LogP contribution in [-0.4, -0.2) is 35.8 Å². The molecule has 1 fully saturated rings. The van der Waals surface area contributed by atoms with Gasteiger partial charge in [-0.25, -0.2) is 13.4 Å². The molecule has 1 saturated carbocycles. The standard InChI is InChI=1S/C25H26F3N3O4S/c1-16(34-15-18-6-4-3-5-7-18)17(2)35-23-22(25(26,27)28)14-29-24(31-23)30-19-8-10-20(11-9-19)36(32,33)21-12-13-21/h3-11,14,16-17,21H,12-13,15H2,1-2H3,(H,29,30,31). The number of hydrogen-bond acceptors (Lipinski definition) is 7. The molecule has 1 aromatic heterocycles. The average Bonchev–Trinajstić information content (AvgIpc) is 3.69. The number of sulfone groups is 1. The summed E-state index contributed by atoms with van der Waals surface area (Å²) in [5.74, 6) is -0.753. The maximum absolute atomic E-state index is 13.6. The van der Waals surface area contributed by atoms with Gasteiger partial charge in [-0.1, -0.05) is 30.3 Å². The van der Waals surface area contributed by atoms with Crippen LogP contribution in [-0.2, 0) is 27.4 Å². The van der Waals surface area contributed by atoms with Crippen molar-refractivity contribution < 1.29 is 31.1 Å². The Labute approximate surface area is 207 Å². The van der Waals surface area contributed by atoms with Gasteiger partial charge in [0.2, 0.25) is 11.8 Å². The van der Waals surface area contributed by atoms with E-state index >= 15 is 0 Å². The number of benzene rings is 2. The largest absolute Gasteiger partial charge is 0.471 e. The molecule has 11 heteroatoms. The number of hydrogen-bond donors (Lipinski definition) is 1. The molecule has 7 nitrogen and oxygen atoms in total. The Hall–Kier alpha value is -3.18. The predicted octanol–water partition coefficient (Wildman–Crippen LogP) is 5.55. The molecular weight excluding hydrogens is 495 g/mol. The van der Waals surface area contributed by atoms with Gasteiger partial charge in [-0.3, -0.25) is 0 Å². The molecule has 1 N–H and O–H groups in total. The Kier molecular flexibility index (Phi) is 7.51. The van der Waals surface area contributed by atoms with Gasteiger partial charge in [0.05, 0.1) is 22.9 Å². The first-order valence-electron chi connectivity index (χ1n) is 11.4. The van der Waals surface area contributed by atoms with Gasteiger partial charge in [-0.15, -0.1) is 0 Å². The highest BCUT2D eigenvalue weighted by Gasteiger charge is 2.38. The number of halogens is 3. The minimum absolute atomic E-state index is 0.124. The zero-order valence-corrected chi connectivity index (χ0v) is 20.5. The van der Waals surface area contributed by atoms with Crippen LogP contribution in [0.25, 0.3) is 0 Å². The zero-order chi connectivity index (χ0) is 25.9. The van der Waals surface area contributed by atoms with Crippen molar-refractivity contribution in [2.75, 3.05) is 5.32 Å². The fourth-order valence-corrected chi connectivity index (χ4v) is 5.00. The molecule has 1 aliphatic carbocycles. The van der Waals surface area contributed by atoms with Crippen molar-refractivity contribution in [3.05, 3.63) is 71.9 Å². The summed E-state index contributed by atoms with van der Waals surface area (Å²) in [7, 11) is -3.34. The zero-order valence-electron chi connectivity index (χ0n) is 19.7. The van der Waals surface area contributed by atoms with E-state index < -0.39 is 39.7 Å². The minimum Gasteiger partial charge on any atom is -0.471 e. The molecular formula is C25H26F3N3O4S. The van der Waals surface area contributed by atoms with Gasteiger partial charge in [-0.05, 0) is 56.5 Å². The predicted molar refractivity (Wildman–Crippen MR) is 128 cm³/mol. The normalized spacial score (nSPS) is 15.8. The molecule has 2 atom stereocenters. The summed E-state index contributed by atoms with van der Waals surface area (Å²) >= 11 is 0. The molecule has 0 bridgehead atoms. The highest BCUT2D eigenvalue weighted by Crippen LogP contribution is 2.36. The topological polar surface area (TPSA) is 90.4 Å². The lowest BCUT2D eigenvalue weighted by Gasteiger charge is -2.23. The van der Waals surface area contributed by atoms with Crippen LogP contribution in [0.3, 0.4) is 0 Å². The number of anilines is 2. The van der Waals surface area contributed by atoms with Crippen LogP contribution in [0.5, 0.6) is 5.88 Å². The van der Waals surface area contributed by atoms with E-state index in [0.717, 1.165) is 5.56 Å². The van der Waals surface area contributed by atoms with Crippen molar-refractivity contribution in [3.63, 3.8) is 0 Å². The van der Waals surface area contributed by atoms with Crippen LogP contribution < -0.4 is 10.1 Å². The minimum atomic E-state index is -4.72. The van der Waals surface area contributed by atoms with Gasteiger partial charge in [0.15, 0.2) is 9.84 Å². The van der Waals surface area contributed by atoms with Gasteiger partial charge in [0.25, 0.3) is 0 Å². The third-order valence-electron chi connectivity index (χ3n) is 5.78. The van der Waals surface area contributed by atoms with Crippen molar-refractivity contribution in [2.45, 2.75) is 61.8 Å². The average molecular weight is 522 g/mol. The van der Waals surface area contributed by atoms with Crippen LogP contribution >= 0.6 is 0 Å². The Balaban J connectivity index is 1.47. The van der Waals surface area contributed by atoms with E-state index in [1.54, 1.807) is 13.8 Å². The number of alkyl halides is 3. The number of nitrogens with one attached hydrogen (secondary N) is 1. The van der Waals surface area contributed by atoms with E-state index in [9.17, 15) is 21.6 Å². The highest BCUT2D eigenvalue weighted by molar-refractivity contribution is 7.92. The third kappa shape index (κ3) is 6.33. The first-order valence-corrected chi connectivity index (χ1v) is 13.0. The quantitative estimate of drug-likeness (QED) is 0.374. The van der Waals surface area contributed by atoms with Crippen LogP contribution in [0.1, 0.15) is 37.8 Å². The maximum atomic E-state index is 13.6. The maximum Gasteiger partial charge on any atom is 0.423 e. The van der Waals surface area contributed by atoms with Crippen molar-refractivity contribution in [3.8, 4) is 5.88 Å². The molecule has 1 aliphatic rings. The summed E-state index contributed by atoms with van der Waals surface area (Å²) < 4.78 is 76.8. The summed E-state index contributed by atoms with van der Waals surface area (Å²) in [6, 6.07) is 15.3. The monoisotopic (exact) mass is 521 g/mol. The Morgan fingerprint density at radius 2 is 1.69 bits per heavy atom. The Bertz CT molecular complexity index is 1280. The van der Waals surface area contributed by atoms with E-state index in [1.807, 2.05) is 30.3 Å². The molecule has 0 saturated heterocycles. The second-order valence-electron chi connectivity index (χ2n) is 8.63. The Morgan fingerprint density at radius 1 is 1.03 bits per heavy atom. The summed E-state index contributed by atoms with van der Waals surface area (Å²) in [4.78, 5) is 7.91. The number of aromatic nitrogens is 2. The van der Waals surface area contributed by atoms with Crippen LogP contribution in [0, 0.1) is 0 Å². The molecule has 0 spiro atoms. The fraction of sp³-hybridized carbons (Fsp3) is 0.360. The Morgan fingerprint density at radius 3 is 2.31 bits per heavy atom. The van der Waals surface area contributed by atoms with Crippen molar-refractivity contribution in [2.24, 2.45) is 0 Å². The number of rotatable bonds is 10. The van der Waals surface area contributed by atoms with E-state index in [4.69, 9.17) is 9.47 Å². The van der Waals surface area contributed by atoms with Crippen LogP contribution in [0.4, 0.5) is 24.8 Å². The number of nitrogens with zero attached hydrogens (tertiary/aromatic N) is 2. The van der Waals surface area contributed by atoms with Crippen molar-refractivity contribution >= 4 is 21.5 Å².